The van der Waals surface area contributed by atoms with E-state index >= 15 is 0 Å². The Hall–Kier alpha value is -3.77. The maximum atomic E-state index is 5.88. The SMILES string of the molecule is c1ccc2c(c1)nc1sc3c(-c4ccc5oc6cccnc6c5n4)cccc3n12. The highest BCUT2D eigenvalue weighted by Gasteiger charge is 2.16. The third kappa shape index (κ3) is 2.01. The van der Waals surface area contributed by atoms with Gasteiger partial charge in [-0.3, -0.25) is 9.38 Å². The van der Waals surface area contributed by atoms with E-state index < -0.39 is 0 Å². The number of para-hydroxylation sites is 2. The zero-order chi connectivity index (χ0) is 18.9. The van der Waals surface area contributed by atoms with Crippen molar-refractivity contribution in [3.63, 3.8) is 0 Å². The highest BCUT2D eigenvalue weighted by Crippen LogP contribution is 2.37. The van der Waals surface area contributed by atoms with Crippen molar-refractivity contribution in [2.45, 2.75) is 0 Å². The Morgan fingerprint density at radius 3 is 2.66 bits per heavy atom. The van der Waals surface area contributed by atoms with Crippen LogP contribution in [0.5, 0.6) is 0 Å². The van der Waals surface area contributed by atoms with Crippen LogP contribution in [0.25, 0.3) is 59.7 Å². The van der Waals surface area contributed by atoms with Gasteiger partial charge in [0.2, 0.25) is 0 Å². The third-order valence-electron chi connectivity index (χ3n) is 5.31. The van der Waals surface area contributed by atoms with E-state index in [9.17, 15) is 0 Å². The molecule has 0 saturated carbocycles. The van der Waals surface area contributed by atoms with E-state index in [1.54, 1.807) is 17.5 Å². The lowest BCUT2D eigenvalue weighted by Gasteiger charge is -2.03. The van der Waals surface area contributed by atoms with Crippen LogP contribution in [0.1, 0.15) is 0 Å². The lowest BCUT2D eigenvalue weighted by atomic mass is 10.1. The molecule has 7 rings (SSSR count). The smallest absolute Gasteiger partial charge is 0.195 e. The second-order valence-electron chi connectivity index (χ2n) is 6.97. The molecule has 0 radical (unpaired) electrons. The molecular weight excluding hydrogens is 380 g/mol. The number of rotatable bonds is 1. The summed E-state index contributed by atoms with van der Waals surface area (Å²) in [6.45, 7) is 0. The van der Waals surface area contributed by atoms with Crippen LogP contribution in [0.3, 0.4) is 0 Å². The normalized spacial score (nSPS) is 12.1. The second kappa shape index (κ2) is 5.40. The summed E-state index contributed by atoms with van der Waals surface area (Å²) in [6.07, 6.45) is 1.77. The molecule has 5 nitrogen and oxygen atoms in total. The topological polar surface area (TPSA) is 56.2 Å². The second-order valence-corrected chi connectivity index (χ2v) is 7.95. The van der Waals surface area contributed by atoms with Crippen LogP contribution >= 0.6 is 11.3 Å². The van der Waals surface area contributed by atoms with E-state index in [0.717, 1.165) is 55.0 Å². The minimum absolute atomic E-state index is 0.751. The third-order valence-corrected chi connectivity index (χ3v) is 6.40. The molecule has 0 aliphatic heterocycles. The van der Waals surface area contributed by atoms with Crippen LogP contribution in [0.15, 0.2) is 77.3 Å². The van der Waals surface area contributed by atoms with Crippen molar-refractivity contribution in [2.24, 2.45) is 0 Å². The summed E-state index contributed by atoms with van der Waals surface area (Å²) in [5.74, 6) is 0. The summed E-state index contributed by atoms with van der Waals surface area (Å²) >= 11 is 1.69. The number of benzene rings is 2. The van der Waals surface area contributed by atoms with E-state index in [0.29, 0.717) is 0 Å². The zero-order valence-corrected chi connectivity index (χ0v) is 15.9. The predicted octanol–water partition coefficient (Wildman–Crippen LogP) is 6.06. The predicted molar refractivity (Wildman–Crippen MR) is 116 cm³/mol. The van der Waals surface area contributed by atoms with Crippen LogP contribution in [-0.2, 0) is 0 Å². The number of pyridine rings is 2. The van der Waals surface area contributed by atoms with Gasteiger partial charge in [0.05, 0.1) is 26.9 Å². The van der Waals surface area contributed by atoms with Crippen LogP contribution in [0.4, 0.5) is 0 Å². The van der Waals surface area contributed by atoms with Crippen molar-refractivity contribution in [1.82, 2.24) is 19.4 Å². The molecule has 5 aromatic heterocycles. The lowest BCUT2D eigenvalue weighted by Crippen LogP contribution is -1.86. The minimum atomic E-state index is 0.751. The van der Waals surface area contributed by atoms with Gasteiger partial charge in [0.25, 0.3) is 0 Å². The van der Waals surface area contributed by atoms with E-state index in [-0.39, 0.29) is 0 Å². The molecule has 0 bridgehead atoms. The molecule has 0 fully saturated rings. The molecule has 0 N–H and O–H groups in total. The molecule has 0 unspecified atom stereocenters. The summed E-state index contributed by atoms with van der Waals surface area (Å²) in [7, 11) is 0. The zero-order valence-electron chi connectivity index (χ0n) is 15.0. The van der Waals surface area contributed by atoms with Gasteiger partial charge in [0, 0.05) is 11.8 Å². The summed E-state index contributed by atoms with van der Waals surface area (Å²) in [5, 5.41) is 0. The molecule has 0 aliphatic rings. The van der Waals surface area contributed by atoms with E-state index in [1.165, 1.54) is 4.70 Å². The summed E-state index contributed by atoms with van der Waals surface area (Å²) in [4.78, 5) is 15.2. The molecule has 0 atom stereocenters. The maximum absolute atomic E-state index is 5.88. The van der Waals surface area contributed by atoms with Crippen molar-refractivity contribution in [1.29, 1.82) is 0 Å². The minimum Gasteiger partial charge on any atom is -0.453 e. The molecule has 0 saturated heterocycles. The van der Waals surface area contributed by atoms with E-state index in [4.69, 9.17) is 14.4 Å². The fraction of sp³-hybridized carbons (Fsp3) is 0. The Kier molecular flexibility index (Phi) is 2.83. The van der Waals surface area contributed by atoms with Gasteiger partial charge in [-0.15, -0.1) is 0 Å². The Bertz CT molecular complexity index is 1720. The maximum Gasteiger partial charge on any atom is 0.195 e. The van der Waals surface area contributed by atoms with Gasteiger partial charge in [-0.25, -0.2) is 9.97 Å². The first-order valence-electron chi connectivity index (χ1n) is 9.30. The molecule has 5 heterocycles. The number of thiazole rings is 1. The average Bonchev–Trinajstić information content (AvgIpc) is 3.42. The highest BCUT2D eigenvalue weighted by molar-refractivity contribution is 7.24. The van der Waals surface area contributed by atoms with Gasteiger partial charge in [-0.1, -0.05) is 35.6 Å². The number of imidazole rings is 1. The van der Waals surface area contributed by atoms with E-state index in [2.05, 4.69) is 45.8 Å². The standard InChI is InChI=1S/C23H12N4OS/c1-2-7-16-15(6-1)26-23-27(16)17-8-3-5-13(22(17)29-23)14-10-11-19-21(25-14)20-18(28-19)9-4-12-24-20/h1-12H. The fourth-order valence-corrected chi connectivity index (χ4v) is 5.18. The molecule has 29 heavy (non-hydrogen) atoms. The molecule has 0 amide bonds. The van der Waals surface area contributed by atoms with Crippen molar-refractivity contribution in [3.05, 3.63) is 72.9 Å². The van der Waals surface area contributed by atoms with Gasteiger partial charge < -0.3 is 4.42 Å². The van der Waals surface area contributed by atoms with E-state index in [1.807, 2.05) is 30.3 Å². The Labute approximate surface area is 167 Å². The van der Waals surface area contributed by atoms with Gasteiger partial charge in [0.1, 0.15) is 11.0 Å². The van der Waals surface area contributed by atoms with Crippen LogP contribution in [0, 0.1) is 0 Å². The van der Waals surface area contributed by atoms with Crippen LogP contribution in [-0.4, -0.2) is 19.4 Å². The van der Waals surface area contributed by atoms with Crippen molar-refractivity contribution >= 4 is 59.7 Å². The van der Waals surface area contributed by atoms with Crippen LogP contribution < -0.4 is 0 Å². The van der Waals surface area contributed by atoms with Crippen molar-refractivity contribution < 1.29 is 4.42 Å². The van der Waals surface area contributed by atoms with Crippen LogP contribution in [0.2, 0.25) is 0 Å². The monoisotopic (exact) mass is 392 g/mol. The largest absolute Gasteiger partial charge is 0.453 e. The summed E-state index contributed by atoms with van der Waals surface area (Å²) < 4.78 is 9.28. The highest BCUT2D eigenvalue weighted by atomic mass is 32.1. The lowest BCUT2D eigenvalue weighted by molar-refractivity contribution is 0.667. The molecule has 6 heteroatoms. The molecule has 0 spiro atoms. The molecule has 0 aliphatic carbocycles. The Morgan fingerprint density at radius 1 is 0.759 bits per heavy atom. The fourth-order valence-electron chi connectivity index (χ4n) is 4.02. The number of furan rings is 1. The van der Waals surface area contributed by atoms with Crippen molar-refractivity contribution in [2.75, 3.05) is 0 Å². The summed E-state index contributed by atoms with van der Waals surface area (Å²) in [5.41, 5.74) is 8.38. The van der Waals surface area contributed by atoms with Crippen molar-refractivity contribution in [3.8, 4) is 11.3 Å². The summed E-state index contributed by atoms with van der Waals surface area (Å²) in [6, 6.07) is 22.4. The number of hydrogen-bond donors (Lipinski definition) is 0. The Balaban J connectivity index is 1.55. The molecular formula is C23H12N4OS. The number of aromatic nitrogens is 4. The number of hydrogen-bond acceptors (Lipinski definition) is 5. The average molecular weight is 392 g/mol. The first-order valence-corrected chi connectivity index (χ1v) is 10.1. The first-order chi connectivity index (χ1) is 14.4. The first kappa shape index (κ1) is 15.2. The van der Waals surface area contributed by atoms with Gasteiger partial charge in [0.15, 0.2) is 16.1 Å². The van der Waals surface area contributed by atoms with Gasteiger partial charge in [-0.2, -0.15) is 0 Å². The quantitative estimate of drug-likeness (QED) is 0.341. The number of fused-ring (bicyclic) bond motifs is 8. The molecule has 7 aromatic rings. The molecule has 2 aromatic carbocycles. The molecule has 136 valence electrons. The van der Waals surface area contributed by atoms with Gasteiger partial charge >= 0.3 is 0 Å². The van der Waals surface area contributed by atoms with Gasteiger partial charge in [-0.05, 0) is 42.5 Å². The number of nitrogens with zero attached hydrogens (tertiary/aromatic N) is 4. The Morgan fingerprint density at radius 2 is 1.66 bits per heavy atom.